The van der Waals surface area contributed by atoms with E-state index in [-0.39, 0.29) is 37.9 Å². The molecule has 4 fully saturated rings. The lowest BCUT2D eigenvalue weighted by Gasteiger charge is -2.32. The monoisotopic (exact) mass is 686 g/mol. The van der Waals surface area contributed by atoms with Crippen LogP contribution in [0.4, 0.5) is 11.6 Å². The molecule has 0 amide bonds. The molecule has 8 heterocycles. The van der Waals surface area contributed by atoms with Crippen LogP contribution >= 0.6 is 38.1 Å². The average Bonchev–Trinajstić information content (AvgIpc) is 3.79. The number of nitrogens with two attached hydrogens (primary N) is 2. The van der Waals surface area contributed by atoms with Gasteiger partial charge in [0.2, 0.25) is 0 Å². The Labute approximate surface area is 257 Å². The van der Waals surface area contributed by atoms with Crippen LogP contribution in [0.3, 0.4) is 0 Å². The summed E-state index contributed by atoms with van der Waals surface area (Å²) >= 11 is 8.50. The van der Waals surface area contributed by atoms with Crippen LogP contribution < -0.4 is 11.5 Å². The zero-order valence-electron chi connectivity index (χ0n) is 22.3. The standard InChI is InChI=1S/C21H24N10O9P2S2/c22-15-11-17(26-5-24-15)30(7-28-11)19-10-1-9(37-19)2-35-41(32,43)40-14-13-20(31-8-29-12-16(23)25-6-27-18(12)31)38-21(14,3-34-13)4-36-42(33,44)39-10/h5-10,13-14,19-20H,1-4H2,(H,32,43)(H,33,44)(H2,22,24,26)(H2,23,25,27)/t9-,10+,13+,14-,19+,20+,21+,41+,42-/m0/s1. The zero-order chi connectivity index (χ0) is 30.4. The number of fused-ring (bicyclic) bond motifs is 4. The highest BCUT2D eigenvalue weighted by Gasteiger charge is 2.65. The molecule has 4 aliphatic rings. The number of rotatable bonds is 2. The van der Waals surface area contributed by atoms with E-state index in [2.05, 4.69) is 54.4 Å². The SMILES string of the molecule is Nc1ncnc2c1ncn2[C@@H]1O[C@@]23CO[C@@H]1[C@@H]2O[P@](=O)(S)OC[C@@H]1C[C@@H](O[P@@](=O)(S)OC3)[C@H](n2cnc3c(N)ncnc32)O1. The second-order valence-corrected chi connectivity index (χ2v) is 16.3. The molecule has 4 bridgehead atoms. The summed E-state index contributed by atoms with van der Waals surface area (Å²) in [5.41, 5.74) is 11.9. The lowest BCUT2D eigenvalue weighted by molar-refractivity contribution is -0.182. The van der Waals surface area contributed by atoms with Crippen molar-refractivity contribution in [3.8, 4) is 0 Å². The van der Waals surface area contributed by atoms with Crippen molar-refractivity contribution in [1.82, 2.24) is 39.0 Å². The minimum Gasteiger partial charge on any atom is -0.382 e. The summed E-state index contributed by atoms with van der Waals surface area (Å²) in [7, 11) is 0. The molecule has 4 aliphatic heterocycles. The number of imidazole rings is 2. The molecule has 0 spiro atoms. The molecule has 8 rings (SSSR count). The first-order valence-corrected chi connectivity index (χ1v) is 18.5. The van der Waals surface area contributed by atoms with E-state index in [1.54, 1.807) is 9.13 Å². The van der Waals surface area contributed by atoms with Crippen molar-refractivity contribution in [3.05, 3.63) is 25.3 Å². The lowest BCUT2D eigenvalue weighted by atomic mass is 10.0. The number of hydrogen-bond donors (Lipinski definition) is 4. The number of anilines is 2. The topological polar surface area (TPSA) is 238 Å². The molecule has 4 N–H and O–H groups in total. The molecule has 4 aromatic rings. The Hall–Kier alpha value is -2.42. The number of aromatic nitrogens is 8. The molecule has 4 saturated heterocycles. The third kappa shape index (κ3) is 4.73. The first kappa shape index (κ1) is 29.0. The van der Waals surface area contributed by atoms with Crippen LogP contribution in [0.25, 0.3) is 22.3 Å². The van der Waals surface area contributed by atoms with Crippen molar-refractivity contribution in [2.24, 2.45) is 0 Å². The van der Waals surface area contributed by atoms with Gasteiger partial charge in [-0.25, -0.2) is 39.0 Å². The Morgan fingerprint density at radius 2 is 1.48 bits per heavy atom. The minimum atomic E-state index is -4.10. The zero-order valence-corrected chi connectivity index (χ0v) is 25.9. The van der Waals surface area contributed by atoms with Crippen molar-refractivity contribution >= 4 is 72.1 Å². The van der Waals surface area contributed by atoms with E-state index in [9.17, 15) is 9.13 Å². The van der Waals surface area contributed by atoms with Gasteiger partial charge in [-0.2, -0.15) is 0 Å². The molecule has 19 nitrogen and oxygen atoms in total. The molecule has 0 unspecified atom stereocenters. The number of thiol groups is 2. The first-order valence-electron chi connectivity index (χ1n) is 13.1. The largest absolute Gasteiger partial charge is 0.386 e. The van der Waals surface area contributed by atoms with Crippen molar-refractivity contribution in [2.75, 3.05) is 31.3 Å². The van der Waals surface area contributed by atoms with Crippen LogP contribution in [0.15, 0.2) is 25.3 Å². The highest BCUT2D eigenvalue weighted by atomic mass is 32.7. The summed E-state index contributed by atoms with van der Waals surface area (Å²) in [6, 6.07) is 0. The minimum absolute atomic E-state index is 0.0654. The third-order valence-corrected chi connectivity index (χ3v) is 11.1. The molecule has 234 valence electrons. The quantitative estimate of drug-likeness (QED) is 0.173. The van der Waals surface area contributed by atoms with Gasteiger partial charge in [0.15, 0.2) is 35.4 Å². The summed E-state index contributed by atoms with van der Waals surface area (Å²) in [6.07, 6.45) is 0.376. The number of nitrogen functional groups attached to an aromatic ring is 2. The maximum absolute atomic E-state index is 13.7. The van der Waals surface area contributed by atoms with E-state index in [0.29, 0.717) is 22.3 Å². The van der Waals surface area contributed by atoms with Gasteiger partial charge in [0.05, 0.1) is 38.6 Å². The predicted molar refractivity (Wildman–Crippen MR) is 155 cm³/mol. The van der Waals surface area contributed by atoms with Gasteiger partial charge < -0.3 is 25.7 Å². The smallest absolute Gasteiger partial charge is 0.382 e. The van der Waals surface area contributed by atoms with Gasteiger partial charge in [0.25, 0.3) is 0 Å². The summed E-state index contributed by atoms with van der Waals surface area (Å²) in [5, 5.41) is 0. The molecular formula is C21H24N10O9P2S2. The second-order valence-electron chi connectivity index (χ2n) is 10.6. The average molecular weight is 687 g/mol. The maximum Gasteiger partial charge on any atom is 0.386 e. The van der Waals surface area contributed by atoms with Crippen LogP contribution in [-0.4, -0.2) is 88.9 Å². The Bertz CT molecular complexity index is 1880. The molecular weight excluding hydrogens is 662 g/mol. The fourth-order valence-electron chi connectivity index (χ4n) is 5.89. The van der Waals surface area contributed by atoms with Crippen LogP contribution in [0.1, 0.15) is 18.9 Å². The summed E-state index contributed by atoms with van der Waals surface area (Å²) in [6.45, 7) is -8.84. The Kier molecular flexibility index (Phi) is 6.79. The van der Waals surface area contributed by atoms with E-state index in [1.165, 1.54) is 25.3 Å². The lowest BCUT2D eigenvalue weighted by Crippen LogP contribution is -2.45. The highest BCUT2D eigenvalue weighted by Crippen LogP contribution is 2.63. The second kappa shape index (κ2) is 10.3. The van der Waals surface area contributed by atoms with E-state index in [0.717, 1.165) is 0 Å². The van der Waals surface area contributed by atoms with Gasteiger partial charge in [-0.1, -0.05) is 24.5 Å². The highest BCUT2D eigenvalue weighted by molar-refractivity contribution is 8.44. The van der Waals surface area contributed by atoms with Crippen molar-refractivity contribution < 1.29 is 41.4 Å². The van der Waals surface area contributed by atoms with Crippen LogP contribution in [-0.2, 0) is 41.4 Å². The molecule has 0 radical (unpaired) electrons. The fourth-order valence-corrected chi connectivity index (χ4v) is 8.93. The third-order valence-electron chi connectivity index (χ3n) is 7.85. The van der Waals surface area contributed by atoms with Crippen molar-refractivity contribution in [1.29, 1.82) is 0 Å². The van der Waals surface area contributed by atoms with Gasteiger partial charge in [-0.05, 0) is 0 Å². The maximum atomic E-state index is 13.7. The van der Waals surface area contributed by atoms with Crippen molar-refractivity contribution in [3.63, 3.8) is 0 Å². The predicted octanol–water partition coefficient (Wildman–Crippen LogP) is 1.68. The van der Waals surface area contributed by atoms with Gasteiger partial charge in [-0.15, -0.1) is 0 Å². The summed E-state index contributed by atoms with van der Waals surface area (Å²) in [4.78, 5) is 25.0. The van der Waals surface area contributed by atoms with Crippen LogP contribution in [0.2, 0.25) is 0 Å². The van der Waals surface area contributed by atoms with E-state index in [1.807, 2.05) is 0 Å². The Balaban J connectivity index is 1.12. The van der Waals surface area contributed by atoms with E-state index < -0.39 is 56.1 Å². The van der Waals surface area contributed by atoms with Gasteiger partial charge in [0.1, 0.15) is 47.6 Å². The molecule has 4 aromatic heterocycles. The summed E-state index contributed by atoms with van der Waals surface area (Å²) < 4.78 is 72.5. The van der Waals surface area contributed by atoms with Gasteiger partial charge >= 0.3 is 13.6 Å². The molecule has 9 atom stereocenters. The van der Waals surface area contributed by atoms with Crippen LogP contribution in [0, 0.1) is 0 Å². The van der Waals surface area contributed by atoms with Gasteiger partial charge in [0, 0.05) is 6.42 Å². The molecule has 23 heteroatoms. The molecule has 44 heavy (non-hydrogen) atoms. The fraction of sp³-hybridized carbons (Fsp3) is 0.524. The number of hydrogen-bond acceptors (Lipinski definition) is 17. The molecule has 0 aromatic carbocycles. The van der Waals surface area contributed by atoms with Gasteiger partial charge in [-0.3, -0.25) is 27.2 Å². The van der Waals surface area contributed by atoms with Crippen LogP contribution in [0.5, 0.6) is 0 Å². The first-order chi connectivity index (χ1) is 21.0. The number of nitrogens with zero attached hydrogens (tertiary/aromatic N) is 8. The van der Waals surface area contributed by atoms with E-state index in [4.69, 9.17) is 43.8 Å². The Morgan fingerprint density at radius 1 is 0.841 bits per heavy atom. The number of ether oxygens (including phenoxy) is 3. The summed E-state index contributed by atoms with van der Waals surface area (Å²) in [5.74, 6) is 0.345. The Morgan fingerprint density at radius 3 is 2.16 bits per heavy atom. The molecule has 0 aliphatic carbocycles. The molecule has 0 saturated carbocycles. The van der Waals surface area contributed by atoms with E-state index >= 15 is 0 Å². The normalized spacial score (nSPS) is 39.2. The van der Waals surface area contributed by atoms with Crippen molar-refractivity contribution in [2.45, 2.75) is 48.9 Å².